The highest BCUT2D eigenvalue weighted by atomic mass is 19.4. The summed E-state index contributed by atoms with van der Waals surface area (Å²) < 4.78 is 57.2. The number of amides is 2. The minimum absolute atomic E-state index is 0.0123. The number of urea groups is 1. The number of nitrogen functional groups attached to an aromatic ring is 1. The number of nitrogens with zero attached hydrogens (tertiary/aromatic N) is 5. The Labute approximate surface area is 223 Å². The molecule has 10 nitrogen and oxygen atoms in total. The standard InChI is InChI=1S/C26H20F4N8O2/c1-13-8-18(27)19(10-16(13)17-9-14-12-32-24(31)35-22(14)37(2)23(17)39)33-25(40)34-21-11-20(26(28,29)30)36-38(21)15-6-4-3-5-7-15/h3-12H,1-2H3,(H2,31,32,35)(H2,33,34,40). The molecule has 4 N–H and O–H groups in total. The Hall–Kier alpha value is -5.27. The summed E-state index contributed by atoms with van der Waals surface area (Å²) in [6, 6.07) is 11.4. The Morgan fingerprint density at radius 2 is 1.75 bits per heavy atom. The van der Waals surface area contributed by atoms with Gasteiger partial charge in [0.2, 0.25) is 5.95 Å². The van der Waals surface area contributed by atoms with E-state index in [1.54, 1.807) is 25.1 Å². The molecule has 3 aromatic heterocycles. The van der Waals surface area contributed by atoms with Gasteiger partial charge in [0, 0.05) is 30.3 Å². The van der Waals surface area contributed by atoms with Crippen LogP contribution in [0.5, 0.6) is 0 Å². The van der Waals surface area contributed by atoms with Gasteiger partial charge in [-0.25, -0.2) is 18.9 Å². The van der Waals surface area contributed by atoms with Crippen molar-refractivity contribution in [2.24, 2.45) is 7.05 Å². The van der Waals surface area contributed by atoms with Crippen molar-refractivity contribution < 1.29 is 22.4 Å². The van der Waals surface area contributed by atoms with Crippen LogP contribution in [0.15, 0.2) is 65.6 Å². The van der Waals surface area contributed by atoms with Crippen molar-refractivity contribution in [3.63, 3.8) is 0 Å². The van der Waals surface area contributed by atoms with Crippen LogP contribution in [0, 0.1) is 12.7 Å². The molecule has 0 spiro atoms. The van der Waals surface area contributed by atoms with E-state index in [2.05, 4.69) is 25.7 Å². The number of halogens is 4. The minimum Gasteiger partial charge on any atom is -0.368 e. The Morgan fingerprint density at radius 3 is 2.45 bits per heavy atom. The summed E-state index contributed by atoms with van der Waals surface area (Å²) in [5.41, 5.74) is 5.08. The van der Waals surface area contributed by atoms with Gasteiger partial charge in [-0.3, -0.25) is 14.7 Å². The van der Waals surface area contributed by atoms with Crippen molar-refractivity contribution in [3.8, 4) is 16.8 Å². The van der Waals surface area contributed by atoms with E-state index < -0.39 is 29.3 Å². The maximum Gasteiger partial charge on any atom is 0.435 e. The van der Waals surface area contributed by atoms with E-state index in [0.29, 0.717) is 28.2 Å². The predicted molar refractivity (Wildman–Crippen MR) is 141 cm³/mol. The van der Waals surface area contributed by atoms with E-state index in [1.165, 1.54) is 42.1 Å². The fourth-order valence-corrected chi connectivity index (χ4v) is 4.16. The van der Waals surface area contributed by atoms with Crippen molar-refractivity contribution in [2.45, 2.75) is 13.1 Å². The first-order chi connectivity index (χ1) is 18.9. The molecule has 5 rings (SSSR count). The lowest BCUT2D eigenvalue weighted by molar-refractivity contribution is -0.141. The molecule has 204 valence electrons. The lowest BCUT2D eigenvalue weighted by atomic mass is 9.99. The van der Waals surface area contributed by atoms with Gasteiger partial charge in [-0.2, -0.15) is 23.3 Å². The number of para-hydroxylation sites is 1. The van der Waals surface area contributed by atoms with Crippen molar-refractivity contribution in [3.05, 3.63) is 88.2 Å². The average Bonchev–Trinajstić information content (AvgIpc) is 3.33. The van der Waals surface area contributed by atoms with Crippen LogP contribution in [0.2, 0.25) is 0 Å². The van der Waals surface area contributed by atoms with Gasteiger partial charge < -0.3 is 11.1 Å². The summed E-state index contributed by atoms with van der Waals surface area (Å²) in [7, 11) is 1.50. The van der Waals surface area contributed by atoms with E-state index in [9.17, 15) is 27.2 Å². The molecule has 0 aliphatic carbocycles. The summed E-state index contributed by atoms with van der Waals surface area (Å²) in [5, 5.41) is 8.65. The lowest BCUT2D eigenvalue weighted by Crippen LogP contribution is -2.23. The van der Waals surface area contributed by atoms with E-state index in [1.807, 2.05) is 0 Å². The summed E-state index contributed by atoms with van der Waals surface area (Å²) in [4.78, 5) is 34.0. The Morgan fingerprint density at radius 1 is 1.02 bits per heavy atom. The smallest absolute Gasteiger partial charge is 0.368 e. The van der Waals surface area contributed by atoms with E-state index in [-0.39, 0.29) is 28.7 Å². The monoisotopic (exact) mass is 552 g/mol. The number of benzene rings is 2. The third-order valence-electron chi connectivity index (χ3n) is 6.06. The van der Waals surface area contributed by atoms with Crippen LogP contribution in [-0.2, 0) is 13.2 Å². The van der Waals surface area contributed by atoms with Crippen molar-refractivity contribution >= 4 is 34.5 Å². The van der Waals surface area contributed by atoms with Crippen LogP contribution in [0.3, 0.4) is 0 Å². The fourth-order valence-electron chi connectivity index (χ4n) is 4.16. The summed E-state index contributed by atoms with van der Waals surface area (Å²) in [5.74, 6) is -1.13. The summed E-state index contributed by atoms with van der Waals surface area (Å²) in [6.45, 7) is 1.59. The Balaban J connectivity index is 1.50. The van der Waals surface area contributed by atoms with Crippen LogP contribution in [0.4, 0.5) is 39.8 Å². The first-order valence-corrected chi connectivity index (χ1v) is 11.7. The zero-order valence-electron chi connectivity index (χ0n) is 20.9. The molecule has 2 aromatic carbocycles. The number of carbonyl (C=O) groups excluding carboxylic acids is 1. The highest BCUT2D eigenvalue weighted by Crippen LogP contribution is 2.32. The van der Waals surface area contributed by atoms with Gasteiger partial charge in [-0.15, -0.1) is 0 Å². The molecule has 0 radical (unpaired) electrons. The molecular formula is C26H20F4N8O2. The number of nitrogens with two attached hydrogens (primary N) is 1. The number of pyridine rings is 1. The highest BCUT2D eigenvalue weighted by Gasteiger charge is 2.35. The zero-order chi connectivity index (χ0) is 28.8. The second kappa shape index (κ2) is 9.80. The SMILES string of the molecule is Cc1cc(F)c(NC(=O)Nc2cc(C(F)(F)F)nn2-c2ccccc2)cc1-c1cc2cnc(N)nc2n(C)c1=O. The second-order valence-corrected chi connectivity index (χ2v) is 8.82. The number of hydrogen-bond acceptors (Lipinski definition) is 6. The first kappa shape index (κ1) is 26.3. The van der Waals surface area contributed by atoms with Gasteiger partial charge in [0.15, 0.2) is 5.69 Å². The summed E-state index contributed by atoms with van der Waals surface area (Å²) in [6.07, 6.45) is -3.33. The van der Waals surface area contributed by atoms with Crippen molar-refractivity contribution in [1.82, 2.24) is 24.3 Å². The molecule has 0 saturated carbocycles. The number of fused-ring (bicyclic) bond motifs is 1. The van der Waals surface area contributed by atoms with Crippen LogP contribution in [0.25, 0.3) is 27.8 Å². The topological polar surface area (TPSA) is 133 Å². The number of rotatable bonds is 4. The largest absolute Gasteiger partial charge is 0.435 e. The van der Waals surface area contributed by atoms with Crippen molar-refractivity contribution in [2.75, 3.05) is 16.4 Å². The number of nitrogens with one attached hydrogen (secondary N) is 2. The molecule has 0 bridgehead atoms. The fraction of sp³-hybridized carbons (Fsp3) is 0.115. The third kappa shape index (κ3) is 4.93. The molecule has 3 heterocycles. The van der Waals surface area contributed by atoms with Gasteiger partial charge in [0.1, 0.15) is 17.3 Å². The van der Waals surface area contributed by atoms with Gasteiger partial charge in [0.25, 0.3) is 5.56 Å². The minimum atomic E-state index is -4.77. The molecule has 0 atom stereocenters. The maximum absolute atomic E-state index is 14.9. The normalized spacial score (nSPS) is 11.6. The molecule has 0 aliphatic rings. The van der Waals surface area contributed by atoms with Crippen LogP contribution < -0.4 is 21.9 Å². The van der Waals surface area contributed by atoms with Crippen LogP contribution >= 0.6 is 0 Å². The average molecular weight is 552 g/mol. The molecule has 5 aromatic rings. The molecule has 0 fully saturated rings. The van der Waals surface area contributed by atoms with Gasteiger partial charge in [-0.05, 0) is 48.4 Å². The van der Waals surface area contributed by atoms with E-state index >= 15 is 0 Å². The number of hydrogen-bond donors (Lipinski definition) is 3. The van der Waals surface area contributed by atoms with Crippen molar-refractivity contribution in [1.29, 1.82) is 0 Å². The van der Waals surface area contributed by atoms with Crippen LogP contribution in [0.1, 0.15) is 11.3 Å². The maximum atomic E-state index is 14.9. The molecule has 14 heteroatoms. The number of anilines is 3. The van der Waals surface area contributed by atoms with Crippen LogP contribution in [-0.4, -0.2) is 30.3 Å². The van der Waals surface area contributed by atoms with Gasteiger partial charge in [-0.1, -0.05) is 18.2 Å². The Kier molecular flexibility index (Phi) is 6.45. The Bertz CT molecular complexity index is 1830. The van der Waals surface area contributed by atoms with Gasteiger partial charge in [0.05, 0.1) is 11.4 Å². The zero-order valence-corrected chi connectivity index (χ0v) is 20.9. The lowest BCUT2D eigenvalue weighted by Gasteiger charge is -2.14. The van der Waals surface area contributed by atoms with Gasteiger partial charge >= 0.3 is 12.2 Å². The first-order valence-electron chi connectivity index (χ1n) is 11.7. The van der Waals surface area contributed by atoms with E-state index in [4.69, 9.17) is 5.73 Å². The molecule has 0 unspecified atom stereocenters. The predicted octanol–water partition coefficient (Wildman–Crippen LogP) is 4.87. The van der Waals surface area contributed by atoms with E-state index in [0.717, 1.165) is 10.7 Å². The molecule has 40 heavy (non-hydrogen) atoms. The number of aryl methyl sites for hydroxylation is 2. The molecule has 0 aliphatic heterocycles. The molecule has 2 amide bonds. The highest BCUT2D eigenvalue weighted by molar-refractivity contribution is 6.00. The number of aromatic nitrogens is 5. The number of alkyl halides is 3. The summed E-state index contributed by atoms with van der Waals surface area (Å²) >= 11 is 0. The number of carbonyl (C=O) groups is 1. The molecular weight excluding hydrogens is 532 g/mol. The third-order valence-corrected chi connectivity index (χ3v) is 6.06. The second-order valence-electron chi connectivity index (χ2n) is 8.82. The molecule has 0 saturated heterocycles. The quantitative estimate of drug-likeness (QED) is 0.273.